The summed E-state index contributed by atoms with van der Waals surface area (Å²) in [4.78, 5) is 27.4. The zero-order chi connectivity index (χ0) is 16.6. The Hall–Kier alpha value is -2.12. The molecule has 1 atom stereocenters. The van der Waals surface area contributed by atoms with Gasteiger partial charge in [0.05, 0.1) is 6.20 Å². The molecule has 0 saturated carbocycles. The van der Waals surface area contributed by atoms with Crippen molar-refractivity contribution >= 4 is 12.0 Å². The Morgan fingerprint density at radius 3 is 2.65 bits per heavy atom. The van der Waals surface area contributed by atoms with E-state index in [1.807, 2.05) is 20.8 Å². The van der Waals surface area contributed by atoms with Gasteiger partial charge in [0.15, 0.2) is 5.69 Å². The Labute approximate surface area is 135 Å². The highest BCUT2D eigenvalue weighted by Gasteiger charge is 2.31. The number of amides is 2. The van der Waals surface area contributed by atoms with E-state index in [9.17, 15) is 9.59 Å². The first-order valence-electron chi connectivity index (χ1n) is 7.99. The smallest absolute Gasteiger partial charge is 0.410 e. The second kappa shape index (κ2) is 5.82. The van der Waals surface area contributed by atoms with Crippen molar-refractivity contribution in [2.24, 2.45) is 5.92 Å². The van der Waals surface area contributed by atoms with Crippen LogP contribution in [0.25, 0.3) is 0 Å². The first-order chi connectivity index (χ1) is 10.8. The average Bonchev–Trinajstić information content (AvgIpc) is 3.02. The van der Waals surface area contributed by atoms with Gasteiger partial charge in [-0.2, -0.15) is 0 Å². The van der Waals surface area contributed by atoms with Crippen LogP contribution in [0.2, 0.25) is 0 Å². The monoisotopic (exact) mass is 321 g/mol. The van der Waals surface area contributed by atoms with Gasteiger partial charge < -0.3 is 14.5 Å². The first kappa shape index (κ1) is 15.8. The van der Waals surface area contributed by atoms with E-state index in [0.29, 0.717) is 31.2 Å². The van der Waals surface area contributed by atoms with Gasteiger partial charge in [-0.25, -0.2) is 4.79 Å². The van der Waals surface area contributed by atoms with E-state index in [2.05, 4.69) is 10.3 Å². The molecule has 2 amide bonds. The fourth-order valence-corrected chi connectivity index (χ4v) is 2.64. The quantitative estimate of drug-likeness (QED) is 0.776. The van der Waals surface area contributed by atoms with Gasteiger partial charge in [0.2, 0.25) is 0 Å². The third-order valence-electron chi connectivity index (χ3n) is 3.87. The topological polar surface area (TPSA) is 80.3 Å². The van der Waals surface area contributed by atoms with Gasteiger partial charge in [0.25, 0.3) is 5.91 Å². The Morgan fingerprint density at radius 1 is 1.26 bits per heavy atom. The Bertz CT molecular complexity index is 602. The molecule has 0 aliphatic carbocycles. The number of likely N-dealkylation sites (tertiary alicyclic amines) is 1. The minimum absolute atomic E-state index is 0.0574. The van der Waals surface area contributed by atoms with Crippen molar-refractivity contribution in [2.45, 2.75) is 39.3 Å². The molecule has 8 heteroatoms. The molecule has 2 aliphatic rings. The van der Waals surface area contributed by atoms with Gasteiger partial charge in [-0.15, -0.1) is 5.10 Å². The van der Waals surface area contributed by atoms with Crippen molar-refractivity contribution < 1.29 is 14.3 Å². The SMILES string of the molecule is CC(C)(C)OC(=O)N1CCC(Cn2cc(C(=O)N3CC3)nn2)C1. The van der Waals surface area contributed by atoms with E-state index in [4.69, 9.17) is 4.74 Å². The summed E-state index contributed by atoms with van der Waals surface area (Å²) in [5, 5.41) is 7.96. The van der Waals surface area contributed by atoms with Crippen molar-refractivity contribution in [3.05, 3.63) is 11.9 Å². The van der Waals surface area contributed by atoms with Gasteiger partial charge in [0, 0.05) is 32.7 Å². The molecule has 126 valence electrons. The highest BCUT2D eigenvalue weighted by molar-refractivity contribution is 5.93. The highest BCUT2D eigenvalue weighted by atomic mass is 16.6. The second-order valence-corrected chi connectivity index (χ2v) is 7.20. The van der Waals surface area contributed by atoms with Gasteiger partial charge in [-0.1, -0.05) is 5.21 Å². The Morgan fingerprint density at radius 2 is 2.00 bits per heavy atom. The standard InChI is InChI=1S/C15H23N5O3/c1-15(2,3)23-14(22)19-5-4-11(8-19)9-20-10-12(16-17-20)13(21)18-6-7-18/h10-11H,4-9H2,1-3H3. The lowest BCUT2D eigenvalue weighted by molar-refractivity contribution is 0.0286. The van der Waals surface area contributed by atoms with Gasteiger partial charge in [-0.3, -0.25) is 9.48 Å². The average molecular weight is 321 g/mol. The van der Waals surface area contributed by atoms with Crippen LogP contribution in [0.1, 0.15) is 37.7 Å². The van der Waals surface area contributed by atoms with Crippen molar-refractivity contribution in [2.75, 3.05) is 26.2 Å². The van der Waals surface area contributed by atoms with Crippen LogP contribution in [0.4, 0.5) is 4.79 Å². The summed E-state index contributed by atoms with van der Waals surface area (Å²) in [6, 6.07) is 0. The minimum Gasteiger partial charge on any atom is -0.444 e. The number of hydrogen-bond acceptors (Lipinski definition) is 5. The summed E-state index contributed by atoms with van der Waals surface area (Å²) in [5.74, 6) is 0.242. The summed E-state index contributed by atoms with van der Waals surface area (Å²) < 4.78 is 7.09. The molecule has 0 spiro atoms. The maximum Gasteiger partial charge on any atom is 0.410 e. The Kier molecular flexibility index (Phi) is 3.99. The molecular formula is C15H23N5O3. The summed E-state index contributed by atoms with van der Waals surface area (Å²) >= 11 is 0. The van der Waals surface area contributed by atoms with Crippen molar-refractivity contribution in [1.82, 2.24) is 24.8 Å². The summed E-state index contributed by atoms with van der Waals surface area (Å²) in [6.45, 7) is 9.18. The molecule has 3 heterocycles. The number of carbonyl (C=O) groups excluding carboxylic acids is 2. The van der Waals surface area contributed by atoms with E-state index < -0.39 is 5.60 Å². The lowest BCUT2D eigenvalue weighted by atomic mass is 10.1. The fourth-order valence-electron chi connectivity index (χ4n) is 2.64. The van der Waals surface area contributed by atoms with Crippen LogP contribution in [0.3, 0.4) is 0 Å². The third-order valence-corrected chi connectivity index (χ3v) is 3.87. The van der Waals surface area contributed by atoms with Crippen molar-refractivity contribution in [1.29, 1.82) is 0 Å². The number of nitrogens with zero attached hydrogens (tertiary/aromatic N) is 5. The molecule has 0 N–H and O–H groups in total. The molecule has 0 aromatic carbocycles. The van der Waals surface area contributed by atoms with Crippen LogP contribution in [0, 0.1) is 5.92 Å². The highest BCUT2D eigenvalue weighted by Crippen LogP contribution is 2.21. The summed E-state index contributed by atoms with van der Waals surface area (Å²) in [7, 11) is 0. The molecule has 2 aliphatic heterocycles. The molecular weight excluding hydrogens is 298 g/mol. The van der Waals surface area contributed by atoms with Gasteiger partial charge in [-0.05, 0) is 33.1 Å². The number of carbonyl (C=O) groups is 2. The van der Waals surface area contributed by atoms with E-state index in [1.54, 1.807) is 20.7 Å². The summed E-state index contributed by atoms with van der Waals surface area (Å²) in [5.41, 5.74) is -0.0846. The van der Waals surface area contributed by atoms with Crippen molar-refractivity contribution in [3.63, 3.8) is 0 Å². The van der Waals surface area contributed by atoms with E-state index in [1.165, 1.54) is 0 Å². The first-order valence-corrected chi connectivity index (χ1v) is 7.99. The molecule has 2 fully saturated rings. The van der Waals surface area contributed by atoms with Crippen LogP contribution in [-0.4, -0.2) is 68.6 Å². The maximum atomic E-state index is 12.1. The van der Waals surface area contributed by atoms with Crippen LogP contribution < -0.4 is 0 Å². The van der Waals surface area contributed by atoms with E-state index >= 15 is 0 Å². The van der Waals surface area contributed by atoms with Crippen molar-refractivity contribution in [3.8, 4) is 0 Å². The minimum atomic E-state index is -0.478. The molecule has 0 radical (unpaired) electrons. The molecule has 2 saturated heterocycles. The number of hydrogen-bond donors (Lipinski definition) is 0. The van der Waals surface area contributed by atoms with Crippen LogP contribution in [-0.2, 0) is 11.3 Å². The molecule has 3 rings (SSSR count). The normalized spacial score (nSPS) is 20.7. The number of aromatic nitrogens is 3. The molecule has 1 aromatic rings. The Balaban J connectivity index is 1.52. The number of ether oxygens (including phenoxy) is 1. The molecule has 8 nitrogen and oxygen atoms in total. The second-order valence-electron chi connectivity index (χ2n) is 7.20. The lowest BCUT2D eigenvalue weighted by Crippen LogP contribution is -2.35. The third kappa shape index (κ3) is 4.00. The van der Waals surface area contributed by atoms with Crippen LogP contribution in [0.15, 0.2) is 6.20 Å². The van der Waals surface area contributed by atoms with E-state index in [0.717, 1.165) is 19.5 Å². The molecule has 0 bridgehead atoms. The van der Waals surface area contributed by atoms with Crippen LogP contribution in [0.5, 0.6) is 0 Å². The lowest BCUT2D eigenvalue weighted by Gasteiger charge is -2.24. The predicted octanol–water partition coefficient (Wildman–Crippen LogP) is 0.991. The van der Waals surface area contributed by atoms with E-state index in [-0.39, 0.29) is 12.0 Å². The predicted molar refractivity (Wildman–Crippen MR) is 81.8 cm³/mol. The molecule has 1 unspecified atom stereocenters. The zero-order valence-corrected chi connectivity index (χ0v) is 13.9. The summed E-state index contributed by atoms with van der Waals surface area (Å²) in [6.07, 6.45) is 2.32. The largest absolute Gasteiger partial charge is 0.444 e. The number of rotatable bonds is 3. The van der Waals surface area contributed by atoms with Gasteiger partial charge >= 0.3 is 6.09 Å². The molecule has 1 aromatic heterocycles. The zero-order valence-electron chi connectivity index (χ0n) is 13.9. The fraction of sp³-hybridized carbons (Fsp3) is 0.733. The maximum absolute atomic E-state index is 12.1. The van der Waals surface area contributed by atoms with Crippen LogP contribution >= 0.6 is 0 Å². The van der Waals surface area contributed by atoms with Gasteiger partial charge in [0.1, 0.15) is 5.60 Å². The molecule has 23 heavy (non-hydrogen) atoms.